The molecule has 0 radical (unpaired) electrons. The Labute approximate surface area is 275 Å². The third-order valence-corrected chi connectivity index (χ3v) is 14.7. The molecular weight excluding hydrogens is 586 g/mol. The quantitative estimate of drug-likeness (QED) is 0.216. The Morgan fingerprint density at radius 3 is 2.43 bits per heavy atom. The molecule has 0 amide bonds. The zero-order chi connectivity index (χ0) is 33.4. The van der Waals surface area contributed by atoms with E-state index in [1.165, 1.54) is 20.3 Å². The lowest BCUT2D eigenvalue weighted by Gasteiger charge is -2.61. The topological polar surface area (TPSA) is 102 Å². The number of oxime groups is 1. The van der Waals surface area contributed by atoms with E-state index in [-0.39, 0.29) is 63.4 Å². The molecule has 0 N–H and O–H groups in total. The normalized spacial score (nSPS) is 49.3. The molecule has 6 aliphatic rings. The fourth-order valence-corrected chi connectivity index (χ4v) is 12.8. The second-order valence-electron chi connectivity index (χ2n) is 16.3. The average molecular weight is 644 g/mol. The number of allylic oxidation sites excluding steroid dienone is 2. The summed E-state index contributed by atoms with van der Waals surface area (Å²) in [7, 11) is 4.95. The summed E-state index contributed by atoms with van der Waals surface area (Å²) in [5.74, 6) is -0.664. The number of fused-ring (bicyclic) bond motifs is 2. The van der Waals surface area contributed by atoms with Gasteiger partial charge in [-0.1, -0.05) is 45.9 Å². The average Bonchev–Trinajstić information content (AvgIpc) is 3.47. The Kier molecular flexibility index (Phi) is 8.54. The maximum absolute atomic E-state index is 12.8. The molecule has 46 heavy (non-hydrogen) atoms. The van der Waals surface area contributed by atoms with Gasteiger partial charge in [0.2, 0.25) is 5.79 Å². The van der Waals surface area contributed by atoms with Gasteiger partial charge in [0, 0.05) is 51.7 Å². The van der Waals surface area contributed by atoms with Crippen LogP contribution in [-0.2, 0) is 38.1 Å². The molecule has 0 aromatic carbocycles. The van der Waals surface area contributed by atoms with Crippen LogP contribution in [0, 0.1) is 63.1 Å². The first-order valence-electron chi connectivity index (χ1n) is 17.5. The van der Waals surface area contributed by atoms with E-state index in [4.69, 9.17) is 28.5 Å². The Morgan fingerprint density at radius 2 is 1.80 bits per heavy atom. The van der Waals surface area contributed by atoms with Crippen molar-refractivity contribution in [1.29, 1.82) is 0 Å². The summed E-state index contributed by atoms with van der Waals surface area (Å²) in [6, 6.07) is 0. The molecule has 9 heteroatoms. The molecule has 1 saturated heterocycles. The first-order chi connectivity index (χ1) is 21.7. The van der Waals surface area contributed by atoms with Gasteiger partial charge >= 0.3 is 11.9 Å². The predicted molar refractivity (Wildman–Crippen MR) is 172 cm³/mol. The summed E-state index contributed by atoms with van der Waals surface area (Å²) in [5.41, 5.74) is 1.24. The van der Waals surface area contributed by atoms with Crippen molar-refractivity contribution in [2.24, 2.45) is 68.2 Å². The van der Waals surface area contributed by atoms with Gasteiger partial charge in [-0.3, -0.25) is 9.59 Å². The Hall–Kier alpha value is -1.97. The number of methoxy groups -OCH3 is 2. The van der Waals surface area contributed by atoms with E-state index < -0.39 is 11.9 Å². The molecule has 3 unspecified atom stereocenters. The van der Waals surface area contributed by atoms with Crippen molar-refractivity contribution in [2.75, 3.05) is 34.5 Å². The molecule has 258 valence electrons. The van der Waals surface area contributed by atoms with Crippen LogP contribution in [0.1, 0.15) is 87.0 Å². The van der Waals surface area contributed by atoms with E-state index >= 15 is 0 Å². The molecule has 1 aliphatic heterocycles. The molecule has 9 nitrogen and oxygen atoms in total. The Morgan fingerprint density at radius 1 is 1.07 bits per heavy atom. The summed E-state index contributed by atoms with van der Waals surface area (Å²) < 4.78 is 31.0. The highest BCUT2D eigenvalue weighted by Crippen LogP contribution is 2.87. The lowest BCUT2D eigenvalue weighted by Crippen LogP contribution is -2.60. The molecule has 0 aromatic rings. The zero-order valence-electron chi connectivity index (χ0n) is 29.7. The standard InChI is InChI=1S/C37H57NO8/c1-21-18-44-37(42-9,27(21)19-41-8)32(46-25(5)40)23(3)31-29(45-24(4)39)17-34(7)30-12-11-26-22(2)28(38-43-10)13-14-35(26)20-36(30,35)16-15-33(31,34)6/h13-14,21-23,26-27,29-32H,11-12,15-20H2,1-10H3/t21?,22-,23-,26-,27?,29-,30-,31-,32+,33+,34-,35+,36-,37?/m0/s1. The van der Waals surface area contributed by atoms with Crippen LogP contribution >= 0.6 is 0 Å². The lowest BCUT2D eigenvalue weighted by molar-refractivity contribution is -0.293. The number of nitrogens with zero attached hydrogens (tertiary/aromatic N) is 1. The molecule has 2 spiro atoms. The minimum atomic E-state index is -1.17. The number of esters is 2. The second kappa shape index (κ2) is 11.6. The second-order valence-corrected chi connectivity index (χ2v) is 16.3. The zero-order valence-corrected chi connectivity index (χ0v) is 29.7. The first-order valence-corrected chi connectivity index (χ1v) is 17.5. The maximum atomic E-state index is 12.8. The summed E-state index contributed by atoms with van der Waals surface area (Å²) in [6.45, 7) is 15.4. The van der Waals surface area contributed by atoms with Gasteiger partial charge in [-0.2, -0.15) is 0 Å². The first kappa shape index (κ1) is 33.9. The minimum absolute atomic E-state index is 0.0634. The highest BCUT2D eigenvalue weighted by atomic mass is 16.7. The van der Waals surface area contributed by atoms with Gasteiger partial charge in [0.25, 0.3) is 0 Å². The molecule has 14 atom stereocenters. The molecule has 0 aromatic heterocycles. The fraction of sp³-hybridized carbons (Fsp3) is 0.865. The van der Waals surface area contributed by atoms with Crippen LogP contribution in [0.5, 0.6) is 0 Å². The number of rotatable bonds is 9. The fourth-order valence-electron chi connectivity index (χ4n) is 12.8. The summed E-state index contributed by atoms with van der Waals surface area (Å²) in [5, 5.41) is 4.37. The Bertz CT molecular complexity index is 1280. The van der Waals surface area contributed by atoms with E-state index in [1.54, 1.807) is 21.3 Å². The highest BCUT2D eigenvalue weighted by Gasteiger charge is 2.82. The number of hydrogen-bond donors (Lipinski definition) is 0. The number of carbonyl (C=O) groups excluding carboxylic acids is 2. The van der Waals surface area contributed by atoms with Crippen molar-refractivity contribution < 1.29 is 38.1 Å². The molecule has 4 saturated carbocycles. The third kappa shape index (κ3) is 4.45. The van der Waals surface area contributed by atoms with Crippen LogP contribution in [0.15, 0.2) is 17.3 Å². The maximum Gasteiger partial charge on any atom is 0.303 e. The molecule has 0 bridgehead atoms. The van der Waals surface area contributed by atoms with Crippen LogP contribution in [0.2, 0.25) is 0 Å². The largest absolute Gasteiger partial charge is 0.462 e. The van der Waals surface area contributed by atoms with Crippen molar-refractivity contribution in [3.05, 3.63) is 12.2 Å². The van der Waals surface area contributed by atoms with Gasteiger partial charge in [0.1, 0.15) is 13.2 Å². The van der Waals surface area contributed by atoms with Crippen molar-refractivity contribution in [2.45, 2.75) is 105 Å². The van der Waals surface area contributed by atoms with E-state index in [0.29, 0.717) is 31.0 Å². The smallest absolute Gasteiger partial charge is 0.303 e. The van der Waals surface area contributed by atoms with E-state index in [9.17, 15) is 9.59 Å². The minimum Gasteiger partial charge on any atom is -0.462 e. The van der Waals surface area contributed by atoms with Crippen molar-refractivity contribution in [1.82, 2.24) is 0 Å². The monoisotopic (exact) mass is 643 g/mol. The van der Waals surface area contributed by atoms with Crippen molar-refractivity contribution >= 4 is 17.7 Å². The van der Waals surface area contributed by atoms with Crippen molar-refractivity contribution in [3.8, 4) is 0 Å². The van der Waals surface area contributed by atoms with Crippen LogP contribution in [0.3, 0.4) is 0 Å². The van der Waals surface area contributed by atoms with Gasteiger partial charge in [0.05, 0.1) is 18.9 Å². The van der Waals surface area contributed by atoms with Crippen LogP contribution in [0.25, 0.3) is 0 Å². The van der Waals surface area contributed by atoms with E-state index in [1.807, 2.05) is 0 Å². The molecular formula is C37H57NO8. The number of carbonyl (C=O) groups is 2. The van der Waals surface area contributed by atoms with Gasteiger partial charge in [-0.05, 0) is 84.0 Å². The predicted octanol–water partition coefficient (Wildman–Crippen LogP) is 6.19. The van der Waals surface area contributed by atoms with Crippen LogP contribution < -0.4 is 0 Å². The molecule has 5 aliphatic carbocycles. The van der Waals surface area contributed by atoms with Gasteiger partial charge in [-0.25, -0.2) is 0 Å². The summed E-state index contributed by atoms with van der Waals surface area (Å²) >= 11 is 0. The number of ether oxygens (including phenoxy) is 5. The van der Waals surface area contributed by atoms with Gasteiger partial charge in [-0.15, -0.1) is 0 Å². The number of hydrogen-bond acceptors (Lipinski definition) is 9. The van der Waals surface area contributed by atoms with Crippen LogP contribution in [0.4, 0.5) is 0 Å². The van der Waals surface area contributed by atoms with Gasteiger partial charge < -0.3 is 28.5 Å². The van der Waals surface area contributed by atoms with E-state index in [0.717, 1.165) is 37.8 Å². The third-order valence-electron chi connectivity index (χ3n) is 14.7. The highest BCUT2D eigenvalue weighted by molar-refractivity contribution is 5.97. The lowest BCUT2D eigenvalue weighted by atomic mass is 9.43. The van der Waals surface area contributed by atoms with E-state index in [2.05, 4.69) is 51.9 Å². The van der Waals surface area contributed by atoms with Crippen LogP contribution in [-0.4, -0.2) is 70.2 Å². The molecule has 6 rings (SSSR count). The van der Waals surface area contributed by atoms with Gasteiger partial charge in [0.15, 0.2) is 6.10 Å². The summed E-state index contributed by atoms with van der Waals surface area (Å²) in [6.07, 6.45) is 10.2. The summed E-state index contributed by atoms with van der Waals surface area (Å²) in [4.78, 5) is 30.8. The molecule has 5 fully saturated rings. The SMILES string of the molecule is COCC1C(C)COC1(OC)[C@H](OC(C)=O)[C@@H](C)[C@H]1[C@@H](OC(C)=O)C[C@@]2(C)[C@@H]3CC[C@H]4[C@H](C)C(=NOC)C=C[C@@]45C[C@@]35CC[C@]12C. The molecule has 1 heterocycles. The van der Waals surface area contributed by atoms with Crippen molar-refractivity contribution in [3.63, 3.8) is 0 Å². The Balaban J connectivity index is 1.40.